The van der Waals surface area contributed by atoms with Crippen molar-refractivity contribution < 1.29 is 0 Å². The Bertz CT molecular complexity index is 532. The summed E-state index contributed by atoms with van der Waals surface area (Å²) in [5, 5.41) is 6.26. The van der Waals surface area contributed by atoms with E-state index >= 15 is 0 Å². The molecule has 0 spiro atoms. The Labute approximate surface area is 119 Å². The highest BCUT2D eigenvalue weighted by Crippen LogP contribution is 2.25. The Kier molecular flexibility index (Phi) is 4.41. The second kappa shape index (κ2) is 6.44. The standard InChI is InChI=1S/C17H21NS/c1-2-6-15-13-17(10-9-14(15)5-1)19-12-4-8-16-7-3-11-18-16/h1-2,5-6,9-10,13,16,18H,3-4,7-8,11-12H2. The van der Waals surface area contributed by atoms with Gasteiger partial charge in [0.1, 0.15) is 0 Å². The zero-order chi connectivity index (χ0) is 12.9. The maximum absolute atomic E-state index is 3.57. The van der Waals surface area contributed by atoms with Crippen molar-refractivity contribution in [2.24, 2.45) is 0 Å². The van der Waals surface area contributed by atoms with E-state index in [9.17, 15) is 0 Å². The van der Waals surface area contributed by atoms with Gasteiger partial charge in [0.15, 0.2) is 0 Å². The van der Waals surface area contributed by atoms with Crippen molar-refractivity contribution >= 4 is 22.5 Å². The molecule has 1 nitrogen and oxygen atoms in total. The molecule has 1 fully saturated rings. The minimum absolute atomic E-state index is 0.789. The number of rotatable bonds is 5. The highest BCUT2D eigenvalue weighted by molar-refractivity contribution is 7.99. The van der Waals surface area contributed by atoms with Gasteiger partial charge in [-0.3, -0.25) is 0 Å². The molecule has 1 aliphatic heterocycles. The lowest BCUT2D eigenvalue weighted by Crippen LogP contribution is -2.20. The fourth-order valence-corrected chi connectivity index (χ4v) is 3.70. The average molecular weight is 271 g/mol. The number of nitrogens with one attached hydrogen (secondary N) is 1. The van der Waals surface area contributed by atoms with E-state index < -0.39 is 0 Å². The first-order valence-corrected chi connectivity index (χ1v) is 8.25. The molecular formula is C17H21NS. The third-order valence-electron chi connectivity index (χ3n) is 3.85. The highest BCUT2D eigenvalue weighted by atomic mass is 32.2. The van der Waals surface area contributed by atoms with Gasteiger partial charge >= 0.3 is 0 Å². The van der Waals surface area contributed by atoms with Crippen molar-refractivity contribution in [2.45, 2.75) is 36.6 Å². The third kappa shape index (κ3) is 3.52. The van der Waals surface area contributed by atoms with Gasteiger partial charge in [-0.1, -0.05) is 30.3 Å². The Morgan fingerprint density at radius 1 is 1.11 bits per heavy atom. The Morgan fingerprint density at radius 3 is 2.84 bits per heavy atom. The number of benzene rings is 2. The molecule has 100 valence electrons. The SMILES string of the molecule is c1ccc2cc(SCCCC3CCCN3)ccc2c1. The van der Waals surface area contributed by atoms with Crippen LogP contribution in [-0.4, -0.2) is 18.3 Å². The van der Waals surface area contributed by atoms with Gasteiger partial charge in [-0.25, -0.2) is 0 Å². The molecule has 19 heavy (non-hydrogen) atoms. The van der Waals surface area contributed by atoms with Gasteiger partial charge in [-0.15, -0.1) is 11.8 Å². The van der Waals surface area contributed by atoms with Gasteiger partial charge in [-0.2, -0.15) is 0 Å². The zero-order valence-corrected chi connectivity index (χ0v) is 12.1. The molecule has 0 amide bonds. The van der Waals surface area contributed by atoms with E-state index in [2.05, 4.69) is 47.8 Å². The maximum Gasteiger partial charge on any atom is 0.00783 e. The van der Waals surface area contributed by atoms with Crippen LogP contribution < -0.4 is 5.32 Å². The average Bonchev–Trinajstić information content (AvgIpc) is 2.97. The monoisotopic (exact) mass is 271 g/mol. The predicted molar refractivity (Wildman–Crippen MR) is 84.9 cm³/mol. The lowest BCUT2D eigenvalue weighted by atomic mass is 10.1. The van der Waals surface area contributed by atoms with Crippen LogP contribution in [0.4, 0.5) is 0 Å². The molecule has 1 unspecified atom stereocenters. The molecule has 0 saturated carbocycles. The summed E-state index contributed by atoms with van der Waals surface area (Å²) in [4.78, 5) is 1.40. The molecule has 1 N–H and O–H groups in total. The van der Waals surface area contributed by atoms with E-state index in [4.69, 9.17) is 0 Å². The summed E-state index contributed by atoms with van der Waals surface area (Å²) in [6.45, 7) is 1.22. The quantitative estimate of drug-likeness (QED) is 0.636. The Hall–Kier alpha value is -0.990. The van der Waals surface area contributed by atoms with Crippen molar-refractivity contribution in [1.29, 1.82) is 0 Å². The van der Waals surface area contributed by atoms with Gasteiger partial charge in [0.05, 0.1) is 0 Å². The molecule has 2 aromatic carbocycles. The first-order valence-electron chi connectivity index (χ1n) is 7.27. The minimum Gasteiger partial charge on any atom is -0.314 e. The molecule has 0 aliphatic carbocycles. The predicted octanol–water partition coefficient (Wildman–Crippen LogP) is 4.46. The lowest BCUT2D eigenvalue weighted by molar-refractivity contribution is 0.553. The lowest BCUT2D eigenvalue weighted by Gasteiger charge is -2.09. The van der Waals surface area contributed by atoms with Crippen LogP contribution in [0.15, 0.2) is 47.4 Å². The van der Waals surface area contributed by atoms with Crippen LogP contribution in [0.1, 0.15) is 25.7 Å². The summed E-state index contributed by atoms with van der Waals surface area (Å²) >= 11 is 1.99. The van der Waals surface area contributed by atoms with Gasteiger partial charge in [0.25, 0.3) is 0 Å². The molecule has 1 aliphatic rings. The van der Waals surface area contributed by atoms with Crippen LogP contribution in [-0.2, 0) is 0 Å². The van der Waals surface area contributed by atoms with Crippen molar-refractivity contribution in [3.63, 3.8) is 0 Å². The second-order valence-electron chi connectivity index (χ2n) is 5.29. The highest BCUT2D eigenvalue weighted by Gasteiger charge is 2.12. The molecule has 0 radical (unpaired) electrons. The van der Waals surface area contributed by atoms with E-state index in [0.29, 0.717) is 0 Å². The van der Waals surface area contributed by atoms with E-state index in [-0.39, 0.29) is 0 Å². The number of fused-ring (bicyclic) bond motifs is 1. The van der Waals surface area contributed by atoms with E-state index in [1.165, 1.54) is 53.6 Å². The van der Waals surface area contributed by atoms with Crippen molar-refractivity contribution in [2.75, 3.05) is 12.3 Å². The van der Waals surface area contributed by atoms with E-state index in [1.54, 1.807) is 0 Å². The molecule has 2 heteroatoms. The molecule has 1 heterocycles. The summed E-state index contributed by atoms with van der Waals surface area (Å²) in [5.74, 6) is 1.23. The summed E-state index contributed by atoms with van der Waals surface area (Å²) in [6, 6.07) is 16.2. The fourth-order valence-electron chi connectivity index (χ4n) is 2.78. The van der Waals surface area contributed by atoms with Gasteiger partial charge in [0.2, 0.25) is 0 Å². The number of hydrogen-bond acceptors (Lipinski definition) is 2. The molecule has 1 atom stereocenters. The molecule has 1 saturated heterocycles. The van der Waals surface area contributed by atoms with E-state index in [0.717, 1.165) is 6.04 Å². The summed E-state index contributed by atoms with van der Waals surface area (Å²) < 4.78 is 0. The first-order chi connectivity index (χ1) is 9.42. The number of thioether (sulfide) groups is 1. The topological polar surface area (TPSA) is 12.0 Å². The molecule has 2 aromatic rings. The largest absolute Gasteiger partial charge is 0.314 e. The van der Waals surface area contributed by atoms with Crippen molar-refractivity contribution in [3.05, 3.63) is 42.5 Å². The smallest absolute Gasteiger partial charge is 0.00783 e. The molecule has 3 rings (SSSR count). The van der Waals surface area contributed by atoms with Crippen molar-refractivity contribution in [3.8, 4) is 0 Å². The van der Waals surface area contributed by atoms with E-state index in [1.807, 2.05) is 11.8 Å². The van der Waals surface area contributed by atoms with Crippen LogP contribution >= 0.6 is 11.8 Å². The van der Waals surface area contributed by atoms with Crippen LogP contribution in [0.3, 0.4) is 0 Å². The van der Waals surface area contributed by atoms with Crippen LogP contribution in [0.5, 0.6) is 0 Å². The van der Waals surface area contributed by atoms with Gasteiger partial charge in [0, 0.05) is 10.9 Å². The minimum atomic E-state index is 0.789. The van der Waals surface area contributed by atoms with Gasteiger partial charge < -0.3 is 5.32 Å². The summed E-state index contributed by atoms with van der Waals surface area (Å²) in [7, 11) is 0. The maximum atomic E-state index is 3.57. The van der Waals surface area contributed by atoms with Crippen molar-refractivity contribution in [1.82, 2.24) is 5.32 Å². The van der Waals surface area contributed by atoms with Crippen LogP contribution in [0.25, 0.3) is 10.8 Å². The Balaban J connectivity index is 1.50. The molecule has 0 bridgehead atoms. The summed E-state index contributed by atoms with van der Waals surface area (Å²) in [5.41, 5.74) is 0. The molecule has 0 aromatic heterocycles. The third-order valence-corrected chi connectivity index (χ3v) is 4.93. The normalized spacial score (nSPS) is 19.1. The van der Waals surface area contributed by atoms with Gasteiger partial charge in [-0.05, 0) is 60.9 Å². The van der Waals surface area contributed by atoms with Crippen LogP contribution in [0, 0.1) is 0 Å². The zero-order valence-electron chi connectivity index (χ0n) is 11.3. The van der Waals surface area contributed by atoms with Crippen LogP contribution in [0.2, 0.25) is 0 Å². The first kappa shape index (κ1) is 13.0. The number of hydrogen-bond donors (Lipinski definition) is 1. The fraction of sp³-hybridized carbons (Fsp3) is 0.412. The molecular weight excluding hydrogens is 250 g/mol. The second-order valence-corrected chi connectivity index (χ2v) is 6.46. The Morgan fingerprint density at radius 2 is 2.00 bits per heavy atom. The summed E-state index contributed by atoms with van der Waals surface area (Å²) in [6.07, 6.45) is 5.39.